The normalized spacial score (nSPS) is 14.8. The van der Waals surface area contributed by atoms with Gasteiger partial charge in [-0.3, -0.25) is 4.98 Å². The summed E-state index contributed by atoms with van der Waals surface area (Å²) in [7, 11) is 0. The van der Waals surface area contributed by atoms with Crippen LogP contribution in [0, 0.1) is 0 Å². The number of hydrogen-bond donors (Lipinski definition) is 0. The predicted molar refractivity (Wildman–Crippen MR) is 102 cm³/mol. The zero-order valence-electron chi connectivity index (χ0n) is 15.4. The predicted octanol–water partition coefficient (Wildman–Crippen LogP) is 2.46. The standard InChI is InChI=1S/C19H22N6O2/c1-14(2)27-19(26)24-10-8-23(9-11-24)17-5-7-25-18(22-17)16(13-21-25)15-4-3-6-20-12-15/h3-7,12-14H,8-11H2,1-2H3. The van der Waals surface area contributed by atoms with Crippen molar-refractivity contribution in [2.24, 2.45) is 0 Å². The average Bonchev–Trinajstić information content (AvgIpc) is 3.11. The molecule has 4 heterocycles. The molecule has 0 saturated carbocycles. The number of rotatable bonds is 3. The molecular formula is C19H22N6O2. The molecule has 0 N–H and O–H groups in total. The molecule has 8 nitrogen and oxygen atoms in total. The number of carbonyl (C=O) groups excluding carboxylic acids is 1. The number of amides is 1. The van der Waals surface area contributed by atoms with Gasteiger partial charge in [-0.05, 0) is 26.0 Å². The van der Waals surface area contributed by atoms with Crippen molar-refractivity contribution in [2.45, 2.75) is 20.0 Å². The Hall–Kier alpha value is -3.16. The van der Waals surface area contributed by atoms with E-state index in [0.29, 0.717) is 26.2 Å². The zero-order valence-corrected chi connectivity index (χ0v) is 15.4. The molecule has 1 amide bonds. The molecule has 0 bridgehead atoms. The molecule has 0 aromatic carbocycles. The van der Waals surface area contributed by atoms with Crippen LogP contribution in [0.5, 0.6) is 0 Å². The van der Waals surface area contributed by atoms with E-state index in [9.17, 15) is 4.79 Å². The Morgan fingerprint density at radius 2 is 1.96 bits per heavy atom. The van der Waals surface area contributed by atoms with Gasteiger partial charge in [-0.2, -0.15) is 5.10 Å². The number of ether oxygens (including phenoxy) is 1. The van der Waals surface area contributed by atoms with Crippen molar-refractivity contribution in [1.82, 2.24) is 24.5 Å². The van der Waals surface area contributed by atoms with Gasteiger partial charge in [0.1, 0.15) is 5.82 Å². The summed E-state index contributed by atoms with van der Waals surface area (Å²) in [6.45, 7) is 6.39. The Morgan fingerprint density at radius 1 is 1.15 bits per heavy atom. The van der Waals surface area contributed by atoms with Crippen molar-refractivity contribution >= 4 is 17.6 Å². The molecule has 4 rings (SSSR count). The van der Waals surface area contributed by atoms with E-state index < -0.39 is 0 Å². The van der Waals surface area contributed by atoms with Gasteiger partial charge in [0.25, 0.3) is 0 Å². The molecule has 0 unspecified atom stereocenters. The van der Waals surface area contributed by atoms with Gasteiger partial charge in [0.2, 0.25) is 0 Å². The first-order valence-electron chi connectivity index (χ1n) is 9.07. The number of piperazine rings is 1. The highest BCUT2D eigenvalue weighted by Gasteiger charge is 2.24. The summed E-state index contributed by atoms with van der Waals surface area (Å²) < 4.78 is 7.04. The van der Waals surface area contributed by atoms with E-state index in [-0.39, 0.29) is 12.2 Å². The van der Waals surface area contributed by atoms with E-state index >= 15 is 0 Å². The molecule has 0 radical (unpaired) electrons. The zero-order chi connectivity index (χ0) is 18.8. The van der Waals surface area contributed by atoms with Crippen LogP contribution in [0.4, 0.5) is 10.6 Å². The van der Waals surface area contributed by atoms with Crippen molar-refractivity contribution in [3.63, 3.8) is 0 Å². The number of fused-ring (bicyclic) bond motifs is 1. The third-order valence-corrected chi connectivity index (χ3v) is 4.53. The largest absolute Gasteiger partial charge is 0.447 e. The number of aromatic nitrogens is 4. The van der Waals surface area contributed by atoms with Crippen LogP contribution in [0.3, 0.4) is 0 Å². The van der Waals surface area contributed by atoms with Gasteiger partial charge in [-0.1, -0.05) is 6.07 Å². The summed E-state index contributed by atoms with van der Waals surface area (Å²) in [5, 5.41) is 4.38. The topological polar surface area (TPSA) is 75.9 Å². The Bertz CT molecular complexity index is 932. The summed E-state index contributed by atoms with van der Waals surface area (Å²) in [6, 6.07) is 5.85. The summed E-state index contributed by atoms with van der Waals surface area (Å²) in [5.74, 6) is 0.880. The van der Waals surface area contributed by atoms with E-state index in [1.54, 1.807) is 15.6 Å². The summed E-state index contributed by atoms with van der Waals surface area (Å²) in [5.41, 5.74) is 2.73. The molecule has 0 atom stereocenters. The molecule has 3 aromatic heterocycles. The van der Waals surface area contributed by atoms with Crippen molar-refractivity contribution in [3.05, 3.63) is 43.0 Å². The highest BCUT2D eigenvalue weighted by Crippen LogP contribution is 2.24. The third kappa shape index (κ3) is 3.55. The van der Waals surface area contributed by atoms with Crippen LogP contribution in [0.2, 0.25) is 0 Å². The first-order chi connectivity index (χ1) is 13.1. The molecule has 1 saturated heterocycles. The molecule has 0 aliphatic carbocycles. The van der Waals surface area contributed by atoms with E-state index in [1.807, 2.05) is 50.6 Å². The molecule has 1 aliphatic rings. The minimum absolute atomic E-state index is 0.104. The van der Waals surface area contributed by atoms with Gasteiger partial charge in [0, 0.05) is 55.9 Å². The molecule has 1 aliphatic heterocycles. The lowest BCUT2D eigenvalue weighted by molar-refractivity contribution is 0.0751. The Kier molecular flexibility index (Phi) is 4.62. The highest BCUT2D eigenvalue weighted by molar-refractivity contribution is 5.77. The van der Waals surface area contributed by atoms with E-state index in [0.717, 1.165) is 22.6 Å². The molecule has 1 fully saturated rings. The van der Waals surface area contributed by atoms with Crippen LogP contribution in [-0.4, -0.2) is 62.9 Å². The van der Waals surface area contributed by atoms with Gasteiger partial charge >= 0.3 is 6.09 Å². The van der Waals surface area contributed by atoms with Crippen LogP contribution >= 0.6 is 0 Å². The average molecular weight is 366 g/mol. The fourth-order valence-electron chi connectivity index (χ4n) is 3.16. The second-order valence-corrected chi connectivity index (χ2v) is 6.76. The number of pyridine rings is 1. The van der Waals surface area contributed by atoms with Crippen LogP contribution in [0.15, 0.2) is 43.0 Å². The fourth-order valence-corrected chi connectivity index (χ4v) is 3.16. The van der Waals surface area contributed by atoms with Crippen molar-refractivity contribution < 1.29 is 9.53 Å². The minimum atomic E-state index is -0.247. The van der Waals surface area contributed by atoms with Gasteiger partial charge in [-0.15, -0.1) is 0 Å². The Labute approximate surface area is 157 Å². The maximum absolute atomic E-state index is 12.0. The number of nitrogens with zero attached hydrogens (tertiary/aromatic N) is 6. The maximum Gasteiger partial charge on any atom is 0.410 e. The van der Waals surface area contributed by atoms with Crippen LogP contribution in [-0.2, 0) is 4.74 Å². The van der Waals surface area contributed by atoms with E-state index in [2.05, 4.69) is 15.0 Å². The van der Waals surface area contributed by atoms with Crippen molar-refractivity contribution in [1.29, 1.82) is 0 Å². The number of carbonyl (C=O) groups is 1. The molecule has 27 heavy (non-hydrogen) atoms. The monoisotopic (exact) mass is 366 g/mol. The number of anilines is 1. The lowest BCUT2D eigenvalue weighted by Gasteiger charge is -2.35. The molecule has 140 valence electrons. The second-order valence-electron chi connectivity index (χ2n) is 6.76. The Morgan fingerprint density at radius 3 is 2.67 bits per heavy atom. The second kappa shape index (κ2) is 7.22. The van der Waals surface area contributed by atoms with E-state index in [4.69, 9.17) is 9.72 Å². The highest BCUT2D eigenvalue weighted by atomic mass is 16.6. The quantitative estimate of drug-likeness (QED) is 0.709. The van der Waals surface area contributed by atoms with Gasteiger partial charge < -0.3 is 14.5 Å². The SMILES string of the molecule is CC(C)OC(=O)N1CCN(c2ccn3ncc(-c4cccnc4)c3n2)CC1. The van der Waals surface area contributed by atoms with Crippen molar-refractivity contribution in [2.75, 3.05) is 31.1 Å². The van der Waals surface area contributed by atoms with Crippen LogP contribution < -0.4 is 4.90 Å². The number of hydrogen-bond acceptors (Lipinski definition) is 6. The maximum atomic E-state index is 12.0. The lowest BCUT2D eigenvalue weighted by Crippen LogP contribution is -2.49. The van der Waals surface area contributed by atoms with E-state index in [1.165, 1.54) is 0 Å². The third-order valence-electron chi connectivity index (χ3n) is 4.53. The Balaban J connectivity index is 1.53. The van der Waals surface area contributed by atoms with Crippen molar-refractivity contribution in [3.8, 4) is 11.1 Å². The molecular weight excluding hydrogens is 344 g/mol. The van der Waals surface area contributed by atoms with Crippen LogP contribution in [0.25, 0.3) is 16.8 Å². The summed E-state index contributed by atoms with van der Waals surface area (Å²) in [4.78, 5) is 25.0. The molecule has 3 aromatic rings. The lowest BCUT2D eigenvalue weighted by atomic mass is 10.1. The van der Waals surface area contributed by atoms with Gasteiger partial charge in [0.15, 0.2) is 5.65 Å². The first kappa shape index (κ1) is 17.3. The first-order valence-corrected chi connectivity index (χ1v) is 9.07. The summed E-state index contributed by atoms with van der Waals surface area (Å²) in [6.07, 6.45) is 6.93. The van der Waals surface area contributed by atoms with Crippen LogP contribution in [0.1, 0.15) is 13.8 Å². The van der Waals surface area contributed by atoms with Gasteiger partial charge in [-0.25, -0.2) is 14.3 Å². The summed E-state index contributed by atoms with van der Waals surface area (Å²) >= 11 is 0. The smallest absolute Gasteiger partial charge is 0.410 e. The van der Waals surface area contributed by atoms with Gasteiger partial charge in [0.05, 0.1) is 12.3 Å². The minimum Gasteiger partial charge on any atom is -0.447 e. The fraction of sp³-hybridized carbons (Fsp3) is 0.368. The molecule has 0 spiro atoms. The molecule has 8 heteroatoms.